The van der Waals surface area contributed by atoms with Crippen molar-refractivity contribution >= 4 is 24.1 Å². The Morgan fingerprint density at radius 3 is 2.03 bits per heavy atom. The first-order valence-electron chi connectivity index (χ1n) is 12.4. The number of benzene rings is 1. The fraction of sp³-hybridized carbons (Fsp3) is 0.615. The molecule has 0 bridgehead atoms. The molecule has 2 atom stereocenters. The van der Waals surface area contributed by atoms with E-state index in [4.69, 9.17) is 24.7 Å². The van der Waals surface area contributed by atoms with Crippen LogP contribution < -0.4 is 15.2 Å². The summed E-state index contributed by atoms with van der Waals surface area (Å²) in [7, 11) is 1.17. The molecule has 0 radical (unpaired) electrons. The number of ether oxygens (including phenoxy) is 5. The minimum atomic E-state index is -1.03. The summed E-state index contributed by atoms with van der Waals surface area (Å²) >= 11 is 0. The van der Waals surface area contributed by atoms with Crippen molar-refractivity contribution < 1.29 is 42.9 Å². The summed E-state index contributed by atoms with van der Waals surface area (Å²) in [5.41, 5.74) is 6.58. The van der Waals surface area contributed by atoms with Crippen LogP contribution in [0, 0.1) is 0 Å². The Balaban J connectivity index is 2.87. The van der Waals surface area contributed by atoms with Crippen LogP contribution in [-0.2, 0) is 35.0 Å². The quantitative estimate of drug-likeness (QED) is 0.195. The number of carbonyl (C=O) groups excluding carboxylic acids is 4. The van der Waals surface area contributed by atoms with Crippen LogP contribution in [0.4, 0.5) is 4.79 Å². The number of nitrogens with two attached hydrogens (primary N) is 1. The Hall–Kier alpha value is -3.14. The monoisotopic (exact) mass is 509 g/mol. The van der Waals surface area contributed by atoms with E-state index in [-0.39, 0.29) is 37.4 Å². The summed E-state index contributed by atoms with van der Waals surface area (Å²) in [5, 5.41) is 0. The minimum Gasteiger partial charge on any atom is -0.458 e. The average molecular weight is 510 g/mol. The van der Waals surface area contributed by atoms with Crippen LogP contribution >= 0.6 is 0 Å². The summed E-state index contributed by atoms with van der Waals surface area (Å²) in [4.78, 5) is 47.9. The zero-order valence-corrected chi connectivity index (χ0v) is 21.7. The molecule has 0 aliphatic heterocycles. The van der Waals surface area contributed by atoms with Crippen LogP contribution in [-0.4, -0.2) is 49.9 Å². The van der Waals surface area contributed by atoms with Crippen LogP contribution in [0.25, 0.3) is 0 Å². The molecular formula is C26H39NO9. The predicted octanol–water partition coefficient (Wildman–Crippen LogP) is 4.24. The molecule has 36 heavy (non-hydrogen) atoms. The van der Waals surface area contributed by atoms with Gasteiger partial charge in [0.25, 0.3) is 0 Å². The van der Waals surface area contributed by atoms with Crippen LogP contribution in [0.2, 0.25) is 0 Å². The van der Waals surface area contributed by atoms with Crippen molar-refractivity contribution in [3.05, 3.63) is 23.8 Å². The topological polar surface area (TPSA) is 140 Å². The standard InChI is InChI=1S/C26H39NO9/c1-5-7-9-11-23(28)35-21-14-13-19(16-22(21)36-24(29)12-10-8-6-2)15-20(27)25(30)34-18(3)17-33-26(31)32-4/h13-14,16,18,20H,5-12,15,17,27H2,1-4H3/t18-,20-/m0/s1. The van der Waals surface area contributed by atoms with Crippen molar-refractivity contribution in [1.29, 1.82) is 0 Å². The van der Waals surface area contributed by atoms with E-state index in [2.05, 4.69) is 4.74 Å². The van der Waals surface area contributed by atoms with Gasteiger partial charge in [0.15, 0.2) is 11.5 Å². The maximum Gasteiger partial charge on any atom is 0.508 e. The first-order chi connectivity index (χ1) is 17.2. The Kier molecular flexibility index (Phi) is 14.9. The molecule has 10 heteroatoms. The number of hydrogen-bond acceptors (Lipinski definition) is 10. The van der Waals surface area contributed by atoms with Crippen molar-refractivity contribution in [1.82, 2.24) is 0 Å². The molecule has 1 rings (SSSR count). The van der Waals surface area contributed by atoms with Crippen LogP contribution in [0.1, 0.15) is 77.7 Å². The van der Waals surface area contributed by atoms with E-state index in [1.165, 1.54) is 19.2 Å². The number of esters is 3. The fourth-order valence-electron chi connectivity index (χ4n) is 3.13. The summed E-state index contributed by atoms with van der Waals surface area (Å²) in [6, 6.07) is 3.66. The highest BCUT2D eigenvalue weighted by atomic mass is 16.7. The van der Waals surface area contributed by atoms with Crippen LogP contribution in [0.5, 0.6) is 11.5 Å². The average Bonchev–Trinajstić information content (AvgIpc) is 2.84. The van der Waals surface area contributed by atoms with Crippen molar-refractivity contribution in [2.75, 3.05) is 13.7 Å². The van der Waals surface area contributed by atoms with Gasteiger partial charge in [0.05, 0.1) is 7.11 Å². The lowest BCUT2D eigenvalue weighted by atomic mass is 10.1. The summed E-state index contributed by atoms with van der Waals surface area (Å²) in [6.07, 6.45) is 4.11. The molecule has 0 saturated carbocycles. The van der Waals surface area contributed by atoms with E-state index >= 15 is 0 Å². The lowest BCUT2D eigenvalue weighted by Gasteiger charge is -2.17. The lowest BCUT2D eigenvalue weighted by molar-refractivity contribution is -0.152. The molecule has 0 saturated heterocycles. The van der Waals surface area contributed by atoms with Crippen molar-refractivity contribution in [2.24, 2.45) is 5.73 Å². The van der Waals surface area contributed by atoms with E-state index in [1.54, 1.807) is 13.0 Å². The van der Waals surface area contributed by atoms with Gasteiger partial charge >= 0.3 is 24.1 Å². The van der Waals surface area contributed by atoms with Gasteiger partial charge in [0, 0.05) is 12.8 Å². The minimum absolute atomic E-state index is 0.0779. The van der Waals surface area contributed by atoms with E-state index in [1.807, 2.05) is 13.8 Å². The van der Waals surface area contributed by atoms with E-state index in [0.717, 1.165) is 25.7 Å². The van der Waals surface area contributed by atoms with E-state index in [9.17, 15) is 19.2 Å². The van der Waals surface area contributed by atoms with Crippen molar-refractivity contribution in [3.63, 3.8) is 0 Å². The van der Waals surface area contributed by atoms with Gasteiger partial charge in [-0.05, 0) is 43.9 Å². The van der Waals surface area contributed by atoms with Gasteiger partial charge in [0.2, 0.25) is 0 Å². The second-order valence-corrected chi connectivity index (χ2v) is 8.47. The number of methoxy groups -OCH3 is 1. The van der Waals surface area contributed by atoms with Crippen molar-refractivity contribution in [2.45, 2.75) is 90.7 Å². The molecule has 1 aromatic rings. The Morgan fingerprint density at radius 2 is 1.47 bits per heavy atom. The van der Waals surface area contributed by atoms with E-state index in [0.29, 0.717) is 18.4 Å². The molecular weight excluding hydrogens is 470 g/mol. The molecule has 0 heterocycles. The highest BCUT2D eigenvalue weighted by molar-refractivity contribution is 5.77. The predicted molar refractivity (Wildman–Crippen MR) is 132 cm³/mol. The first kappa shape index (κ1) is 30.9. The fourth-order valence-corrected chi connectivity index (χ4v) is 3.13. The van der Waals surface area contributed by atoms with Gasteiger partial charge in [-0.2, -0.15) is 0 Å². The maximum atomic E-state index is 12.3. The third-order valence-corrected chi connectivity index (χ3v) is 5.10. The zero-order chi connectivity index (χ0) is 26.9. The molecule has 0 unspecified atom stereocenters. The molecule has 2 N–H and O–H groups in total. The molecule has 0 aromatic heterocycles. The van der Waals surface area contributed by atoms with Gasteiger partial charge in [-0.3, -0.25) is 14.4 Å². The van der Waals surface area contributed by atoms with Gasteiger partial charge in [0.1, 0.15) is 18.8 Å². The highest BCUT2D eigenvalue weighted by Gasteiger charge is 2.21. The largest absolute Gasteiger partial charge is 0.508 e. The Morgan fingerprint density at radius 1 is 0.889 bits per heavy atom. The molecule has 202 valence electrons. The molecule has 0 aliphatic carbocycles. The summed E-state index contributed by atoms with van der Waals surface area (Å²) < 4.78 is 25.3. The highest BCUT2D eigenvalue weighted by Crippen LogP contribution is 2.30. The molecule has 1 aromatic carbocycles. The third-order valence-electron chi connectivity index (χ3n) is 5.10. The van der Waals surface area contributed by atoms with Gasteiger partial charge < -0.3 is 29.4 Å². The maximum absolute atomic E-state index is 12.3. The number of rotatable bonds is 16. The van der Waals surface area contributed by atoms with Gasteiger partial charge in [-0.1, -0.05) is 45.6 Å². The Labute approximate surface area is 212 Å². The SMILES string of the molecule is CCCCCC(=O)Oc1ccc(C[C@H](N)C(=O)O[C@@H](C)COC(=O)OC)cc1OC(=O)CCCCC. The molecule has 0 amide bonds. The Bertz CT molecular complexity index is 856. The van der Waals surface area contributed by atoms with Crippen molar-refractivity contribution in [3.8, 4) is 11.5 Å². The first-order valence-corrected chi connectivity index (χ1v) is 12.4. The number of carbonyl (C=O) groups is 4. The second-order valence-electron chi connectivity index (χ2n) is 8.47. The molecule has 0 spiro atoms. The van der Waals surface area contributed by atoms with Crippen LogP contribution in [0.15, 0.2) is 18.2 Å². The third kappa shape index (κ3) is 12.5. The zero-order valence-electron chi connectivity index (χ0n) is 21.7. The lowest BCUT2D eigenvalue weighted by Crippen LogP contribution is -2.37. The van der Waals surface area contributed by atoms with Gasteiger partial charge in [-0.25, -0.2) is 4.79 Å². The second kappa shape index (κ2) is 17.3. The van der Waals surface area contributed by atoms with Gasteiger partial charge in [-0.15, -0.1) is 0 Å². The number of hydrogen-bond donors (Lipinski definition) is 1. The smallest absolute Gasteiger partial charge is 0.458 e. The molecule has 0 fully saturated rings. The van der Waals surface area contributed by atoms with E-state index < -0.39 is 36.2 Å². The number of unbranched alkanes of at least 4 members (excludes halogenated alkanes) is 4. The molecule has 10 nitrogen and oxygen atoms in total. The summed E-state index contributed by atoms with van der Waals surface area (Å²) in [5.74, 6) is -1.32. The summed E-state index contributed by atoms with van der Waals surface area (Å²) in [6.45, 7) is 5.44. The molecule has 0 aliphatic rings. The van der Waals surface area contributed by atoms with Crippen LogP contribution in [0.3, 0.4) is 0 Å². The normalized spacial score (nSPS) is 12.2.